The van der Waals surface area contributed by atoms with Gasteiger partial charge in [-0.2, -0.15) is 0 Å². The Labute approximate surface area is 135 Å². The summed E-state index contributed by atoms with van der Waals surface area (Å²) in [7, 11) is -3.89. The smallest absolute Gasteiger partial charge is 0.265 e. The molecule has 2 aromatic carbocycles. The summed E-state index contributed by atoms with van der Waals surface area (Å²) in [6, 6.07) is 12.5. The third-order valence-electron chi connectivity index (χ3n) is 3.82. The number of rotatable bonds is 3. The molecule has 120 valence electrons. The molecular formula is C16H17N3O3S. The van der Waals surface area contributed by atoms with E-state index < -0.39 is 22.0 Å². The van der Waals surface area contributed by atoms with E-state index in [0.29, 0.717) is 11.4 Å². The number of nitrogens with one attached hydrogen (secondary N) is 1. The summed E-state index contributed by atoms with van der Waals surface area (Å²) in [5.74, 6) is -0.692. The number of fused-ring (bicyclic) bond motifs is 1. The minimum absolute atomic E-state index is 0.131. The van der Waals surface area contributed by atoms with Crippen LogP contribution in [-0.4, -0.2) is 26.9 Å². The van der Waals surface area contributed by atoms with Gasteiger partial charge in [0.2, 0.25) is 5.91 Å². The first kappa shape index (κ1) is 15.4. The first-order chi connectivity index (χ1) is 10.9. The van der Waals surface area contributed by atoms with Crippen LogP contribution in [0.3, 0.4) is 0 Å². The van der Waals surface area contributed by atoms with Crippen LogP contribution in [0.15, 0.2) is 53.4 Å². The highest BCUT2D eigenvalue weighted by molar-refractivity contribution is 7.93. The minimum Gasteiger partial charge on any atom is -0.381 e. The van der Waals surface area contributed by atoms with Crippen molar-refractivity contribution in [2.45, 2.75) is 17.9 Å². The van der Waals surface area contributed by atoms with Crippen LogP contribution in [-0.2, 0) is 14.8 Å². The molecule has 0 saturated heterocycles. The van der Waals surface area contributed by atoms with Crippen LogP contribution in [0.5, 0.6) is 0 Å². The van der Waals surface area contributed by atoms with Crippen LogP contribution < -0.4 is 15.4 Å². The summed E-state index contributed by atoms with van der Waals surface area (Å²) >= 11 is 0. The third-order valence-corrected chi connectivity index (χ3v) is 5.65. The molecule has 1 atom stereocenters. The topological polar surface area (TPSA) is 92.5 Å². The van der Waals surface area contributed by atoms with Crippen molar-refractivity contribution in [1.29, 1.82) is 0 Å². The average molecular weight is 331 g/mol. The highest BCUT2D eigenvalue weighted by Crippen LogP contribution is 2.35. The third kappa shape index (κ3) is 2.63. The van der Waals surface area contributed by atoms with Gasteiger partial charge in [0.1, 0.15) is 6.04 Å². The molecule has 23 heavy (non-hydrogen) atoms. The van der Waals surface area contributed by atoms with E-state index in [2.05, 4.69) is 5.32 Å². The molecule has 0 aromatic heterocycles. The first-order valence-electron chi connectivity index (χ1n) is 7.14. The van der Waals surface area contributed by atoms with Gasteiger partial charge in [-0.25, -0.2) is 12.7 Å². The molecule has 1 aliphatic rings. The van der Waals surface area contributed by atoms with Gasteiger partial charge in [0.05, 0.1) is 16.3 Å². The number of benzene rings is 2. The Morgan fingerprint density at radius 2 is 1.83 bits per heavy atom. The molecule has 0 saturated carbocycles. The lowest BCUT2D eigenvalue weighted by molar-refractivity contribution is -0.118. The lowest BCUT2D eigenvalue weighted by Crippen LogP contribution is -2.54. The number of para-hydroxylation sites is 2. The molecule has 7 heteroatoms. The maximum atomic E-state index is 13.1. The van der Waals surface area contributed by atoms with Gasteiger partial charge in [0, 0.05) is 6.54 Å². The predicted octanol–water partition coefficient (Wildman–Crippen LogP) is 1.47. The van der Waals surface area contributed by atoms with E-state index in [4.69, 9.17) is 5.73 Å². The zero-order chi connectivity index (χ0) is 16.6. The number of hydrogen-bond acceptors (Lipinski definition) is 4. The molecule has 3 rings (SSSR count). The predicted molar refractivity (Wildman–Crippen MR) is 88.8 cm³/mol. The van der Waals surface area contributed by atoms with Gasteiger partial charge < -0.3 is 11.1 Å². The van der Waals surface area contributed by atoms with Gasteiger partial charge >= 0.3 is 0 Å². The second-order valence-electron chi connectivity index (χ2n) is 5.43. The number of hydrogen-bond donors (Lipinski definition) is 2. The van der Waals surface area contributed by atoms with Crippen molar-refractivity contribution >= 4 is 27.3 Å². The van der Waals surface area contributed by atoms with Crippen molar-refractivity contribution in [1.82, 2.24) is 0 Å². The zero-order valence-corrected chi connectivity index (χ0v) is 13.4. The Morgan fingerprint density at radius 1 is 1.17 bits per heavy atom. The van der Waals surface area contributed by atoms with E-state index >= 15 is 0 Å². The van der Waals surface area contributed by atoms with Crippen LogP contribution in [0.1, 0.15) is 5.56 Å². The second kappa shape index (κ2) is 5.58. The second-order valence-corrected chi connectivity index (χ2v) is 7.25. The summed E-state index contributed by atoms with van der Waals surface area (Å²) in [5.41, 5.74) is 7.46. The molecule has 3 N–H and O–H groups in total. The van der Waals surface area contributed by atoms with Gasteiger partial charge in [0.25, 0.3) is 10.0 Å². The monoisotopic (exact) mass is 331 g/mol. The molecule has 0 unspecified atom stereocenters. The van der Waals surface area contributed by atoms with Gasteiger partial charge in [-0.1, -0.05) is 29.8 Å². The van der Waals surface area contributed by atoms with Gasteiger partial charge in [-0.15, -0.1) is 0 Å². The van der Waals surface area contributed by atoms with Gasteiger partial charge in [-0.3, -0.25) is 4.79 Å². The van der Waals surface area contributed by atoms with Crippen molar-refractivity contribution in [3.63, 3.8) is 0 Å². The summed E-state index contributed by atoms with van der Waals surface area (Å²) < 4.78 is 27.2. The molecule has 2 aromatic rings. The Kier molecular flexibility index (Phi) is 3.73. The van der Waals surface area contributed by atoms with Crippen LogP contribution >= 0.6 is 0 Å². The quantitative estimate of drug-likeness (QED) is 0.891. The number of carbonyl (C=O) groups is 1. The molecule has 0 fully saturated rings. The summed E-state index contributed by atoms with van der Waals surface area (Å²) in [4.78, 5) is 11.9. The molecule has 1 aliphatic heterocycles. The van der Waals surface area contributed by atoms with Crippen molar-refractivity contribution in [2.24, 2.45) is 5.73 Å². The molecule has 0 spiro atoms. The maximum absolute atomic E-state index is 13.1. The van der Waals surface area contributed by atoms with E-state index in [0.717, 1.165) is 9.87 Å². The highest BCUT2D eigenvalue weighted by Gasteiger charge is 2.38. The number of anilines is 2. The fourth-order valence-corrected chi connectivity index (χ4v) is 4.25. The number of amides is 1. The number of nitrogens with two attached hydrogens (primary N) is 1. The van der Waals surface area contributed by atoms with E-state index in [1.54, 1.807) is 36.4 Å². The van der Waals surface area contributed by atoms with Gasteiger partial charge in [0.15, 0.2) is 0 Å². The van der Waals surface area contributed by atoms with E-state index in [-0.39, 0.29) is 11.4 Å². The highest BCUT2D eigenvalue weighted by atomic mass is 32.2. The minimum atomic E-state index is -3.89. The van der Waals surface area contributed by atoms with Crippen LogP contribution in [0, 0.1) is 6.92 Å². The van der Waals surface area contributed by atoms with Crippen molar-refractivity contribution in [3.05, 3.63) is 54.1 Å². The number of carbonyl (C=O) groups excluding carboxylic acids is 1. The van der Waals surface area contributed by atoms with E-state index in [1.165, 1.54) is 12.1 Å². The van der Waals surface area contributed by atoms with Crippen LogP contribution in [0.2, 0.25) is 0 Å². The SMILES string of the molecule is Cc1ccc(S(=O)(=O)N2c3ccccc3NC[C@H]2C(N)=O)cc1. The molecule has 1 amide bonds. The maximum Gasteiger partial charge on any atom is 0.265 e. The molecular weight excluding hydrogens is 314 g/mol. The number of aryl methyl sites for hydroxylation is 1. The Bertz CT molecular complexity index is 847. The van der Waals surface area contributed by atoms with Crippen molar-refractivity contribution in [3.8, 4) is 0 Å². The standard InChI is InChI=1S/C16H17N3O3S/c1-11-6-8-12(9-7-11)23(21,22)19-14-5-3-2-4-13(14)18-10-15(19)16(17)20/h2-9,15,18H,10H2,1H3,(H2,17,20)/t15-/m0/s1. The molecule has 6 nitrogen and oxygen atoms in total. The van der Waals surface area contributed by atoms with Crippen molar-refractivity contribution in [2.75, 3.05) is 16.2 Å². The Balaban J connectivity index is 2.17. The molecule has 0 bridgehead atoms. The number of primary amides is 1. The fourth-order valence-electron chi connectivity index (χ4n) is 2.61. The Morgan fingerprint density at radius 3 is 2.48 bits per heavy atom. The summed E-state index contributed by atoms with van der Waals surface area (Å²) in [6.07, 6.45) is 0. The summed E-state index contributed by atoms with van der Waals surface area (Å²) in [5, 5.41) is 3.05. The zero-order valence-electron chi connectivity index (χ0n) is 12.6. The number of nitrogens with zero attached hydrogens (tertiary/aromatic N) is 1. The molecule has 1 heterocycles. The van der Waals surface area contributed by atoms with E-state index in [1.807, 2.05) is 6.92 Å². The molecule has 0 radical (unpaired) electrons. The normalized spacial score (nSPS) is 17.3. The first-order valence-corrected chi connectivity index (χ1v) is 8.58. The fraction of sp³-hybridized carbons (Fsp3) is 0.188. The average Bonchev–Trinajstić information content (AvgIpc) is 2.54. The lowest BCUT2D eigenvalue weighted by atomic mass is 10.1. The summed E-state index contributed by atoms with van der Waals surface area (Å²) in [6.45, 7) is 2.01. The van der Waals surface area contributed by atoms with Gasteiger partial charge in [-0.05, 0) is 31.2 Å². The number of sulfonamides is 1. The lowest BCUT2D eigenvalue weighted by Gasteiger charge is -2.36. The van der Waals surface area contributed by atoms with Crippen LogP contribution in [0.4, 0.5) is 11.4 Å². The molecule has 0 aliphatic carbocycles. The largest absolute Gasteiger partial charge is 0.381 e. The van der Waals surface area contributed by atoms with E-state index in [9.17, 15) is 13.2 Å². The Hall–Kier alpha value is -2.54. The van der Waals surface area contributed by atoms with Crippen LogP contribution in [0.25, 0.3) is 0 Å². The van der Waals surface area contributed by atoms with Crippen molar-refractivity contribution < 1.29 is 13.2 Å².